The first-order chi connectivity index (χ1) is 15.6. The normalized spacial score (nSPS) is 14.4. The number of primary amides is 1. The van der Waals surface area contributed by atoms with Crippen molar-refractivity contribution in [3.05, 3.63) is 18.2 Å². The van der Waals surface area contributed by atoms with Crippen LogP contribution in [-0.4, -0.2) is 86.6 Å². The van der Waals surface area contributed by atoms with Crippen LogP contribution in [0.4, 0.5) is 0 Å². The van der Waals surface area contributed by atoms with Gasteiger partial charge >= 0.3 is 5.97 Å². The number of hydrogen-bond donors (Lipinski definition) is 8. The maximum Gasteiger partial charge on any atom is 0.326 e. The lowest BCUT2D eigenvalue weighted by Gasteiger charge is -2.24. The average molecular weight is 504 g/mol. The minimum Gasteiger partial charge on any atom is -0.480 e. The number of aromatic nitrogens is 2. The highest BCUT2D eigenvalue weighted by atomic mass is 32.2. The molecule has 1 aromatic rings. The minimum atomic E-state index is -1.27. The van der Waals surface area contributed by atoms with Crippen LogP contribution < -0.4 is 27.4 Å². The number of carbonyl (C=O) groups excluding carboxylic acids is 4. The van der Waals surface area contributed by atoms with Gasteiger partial charge in [-0.05, 0) is 18.4 Å². The number of thiol groups is 1. The van der Waals surface area contributed by atoms with Crippen molar-refractivity contribution in [2.45, 2.75) is 43.4 Å². The Kier molecular flexibility index (Phi) is 12.3. The molecule has 13 nitrogen and oxygen atoms in total. The number of aromatic amines is 1. The van der Waals surface area contributed by atoms with E-state index in [2.05, 4.69) is 38.5 Å². The Balaban J connectivity index is 2.91. The van der Waals surface area contributed by atoms with Crippen LogP contribution in [0.1, 0.15) is 18.5 Å². The molecule has 0 aliphatic heterocycles. The number of imidazole rings is 1. The number of rotatable bonds is 15. The highest BCUT2D eigenvalue weighted by Crippen LogP contribution is 2.04. The van der Waals surface area contributed by atoms with Crippen molar-refractivity contribution in [1.82, 2.24) is 25.9 Å². The molecule has 0 spiro atoms. The molecule has 15 heteroatoms. The van der Waals surface area contributed by atoms with Crippen LogP contribution in [0.25, 0.3) is 0 Å². The molecule has 4 unspecified atom stereocenters. The summed E-state index contributed by atoms with van der Waals surface area (Å²) in [5.74, 6) is -3.86. The molecule has 0 saturated heterocycles. The van der Waals surface area contributed by atoms with Crippen molar-refractivity contribution in [1.29, 1.82) is 0 Å². The molecule has 0 aromatic carbocycles. The lowest BCUT2D eigenvalue weighted by atomic mass is 10.1. The third-order valence-electron chi connectivity index (χ3n) is 4.41. The van der Waals surface area contributed by atoms with Crippen molar-refractivity contribution in [3.8, 4) is 0 Å². The molecule has 0 aliphatic carbocycles. The lowest BCUT2D eigenvalue weighted by molar-refractivity contribution is -0.142. The van der Waals surface area contributed by atoms with Crippen molar-refractivity contribution in [2.24, 2.45) is 11.5 Å². The van der Waals surface area contributed by atoms with Gasteiger partial charge in [0.15, 0.2) is 0 Å². The van der Waals surface area contributed by atoms with Crippen LogP contribution in [0, 0.1) is 0 Å². The van der Waals surface area contributed by atoms with E-state index in [1.807, 2.05) is 0 Å². The SMILES string of the molecule is CSCCC(NC(=O)C(CS)NC(=O)C(Cc1cnc[nH]1)NC(=O)C(N)CC(N)=O)C(=O)O. The molecule has 33 heavy (non-hydrogen) atoms. The zero-order valence-corrected chi connectivity index (χ0v) is 19.7. The molecule has 0 fully saturated rings. The van der Waals surface area contributed by atoms with Gasteiger partial charge in [0.25, 0.3) is 0 Å². The maximum atomic E-state index is 12.9. The molecule has 184 valence electrons. The summed E-state index contributed by atoms with van der Waals surface area (Å²) >= 11 is 5.50. The minimum absolute atomic E-state index is 0.0206. The van der Waals surface area contributed by atoms with Gasteiger partial charge in [0, 0.05) is 24.1 Å². The Labute approximate surface area is 200 Å². The van der Waals surface area contributed by atoms with Crippen LogP contribution >= 0.6 is 24.4 Å². The zero-order chi connectivity index (χ0) is 25.0. The number of H-pyrrole nitrogens is 1. The van der Waals surface area contributed by atoms with Crippen LogP contribution in [0.15, 0.2) is 12.5 Å². The van der Waals surface area contributed by atoms with E-state index in [-0.39, 0.29) is 18.6 Å². The highest BCUT2D eigenvalue weighted by Gasteiger charge is 2.30. The quantitative estimate of drug-likeness (QED) is 0.117. The summed E-state index contributed by atoms with van der Waals surface area (Å²) in [5, 5.41) is 16.6. The largest absolute Gasteiger partial charge is 0.480 e. The Bertz CT molecular complexity index is 823. The van der Waals surface area contributed by atoms with Crippen molar-refractivity contribution in [3.63, 3.8) is 0 Å². The zero-order valence-electron chi connectivity index (χ0n) is 17.9. The van der Waals surface area contributed by atoms with E-state index in [9.17, 15) is 29.1 Å². The number of amides is 4. The molecular weight excluding hydrogens is 474 g/mol. The second-order valence-corrected chi connectivity index (χ2v) is 8.39. The molecule has 1 rings (SSSR count). The highest BCUT2D eigenvalue weighted by molar-refractivity contribution is 7.98. The van der Waals surface area contributed by atoms with Gasteiger partial charge in [-0.2, -0.15) is 24.4 Å². The standard InChI is InChI=1S/C18H29N7O6S2/c1-33-3-2-11(18(30)31)23-17(29)13(7-32)25-16(28)12(4-9-6-21-8-22-9)24-15(27)10(19)5-14(20)26/h6,8,10-13,32H,2-5,7,19H2,1H3,(H2,20,26)(H,21,22)(H,23,29)(H,24,27)(H,25,28)(H,30,31). The van der Waals surface area contributed by atoms with Gasteiger partial charge < -0.3 is 37.5 Å². The summed E-state index contributed by atoms with van der Waals surface area (Å²) in [6, 6.07) is -4.75. The number of hydrogen-bond acceptors (Lipinski definition) is 9. The molecule has 4 amide bonds. The fourth-order valence-electron chi connectivity index (χ4n) is 2.65. The third kappa shape index (κ3) is 10.1. The van der Waals surface area contributed by atoms with E-state index in [1.54, 1.807) is 6.26 Å². The molecule has 0 radical (unpaired) electrons. The first kappa shape index (κ1) is 28.3. The number of aliphatic carboxylic acids is 1. The fraction of sp³-hybridized carbons (Fsp3) is 0.556. The molecule has 0 aliphatic rings. The number of carboxylic acids is 1. The first-order valence-electron chi connectivity index (χ1n) is 9.83. The monoisotopic (exact) mass is 503 g/mol. The average Bonchev–Trinajstić information content (AvgIpc) is 3.26. The molecule has 0 saturated carbocycles. The van der Waals surface area contributed by atoms with Crippen molar-refractivity contribution in [2.75, 3.05) is 17.8 Å². The second-order valence-electron chi connectivity index (χ2n) is 7.04. The molecule has 1 aromatic heterocycles. The number of carbonyl (C=O) groups is 5. The van der Waals surface area contributed by atoms with Crippen molar-refractivity contribution < 1.29 is 29.1 Å². The Morgan fingerprint density at radius 2 is 1.73 bits per heavy atom. The van der Waals surface area contributed by atoms with Gasteiger partial charge in [0.05, 0.1) is 18.8 Å². The number of nitrogens with two attached hydrogens (primary N) is 2. The number of nitrogens with one attached hydrogen (secondary N) is 4. The van der Waals surface area contributed by atoms with Gasteiger partial charge in [-0.25, -0.2) is 9.78 Å². The fourth-order valence-corrected chi connectivity index (χ4v) is 3.37. The summed E-state index contributed by atoms with van der Waals surface area (Å²) < 4.78 is 0. The summed E-state index contributed by atoms with van der Waals surface area (Å²) in [6.45, 7) is 0. The molecule has 4 atom stereocenters. The van der Waals surface area contributed by atoms with Crippen molar-refractivity contribution >= 4 is 54.0 Å². The van der Waals surface area contributed by atoms with Gasteiger partial charge in [0.2, 0.25) is 23.6 Å². The van der Waals surface area contributed by atoms with E-state index in [1.165, 1.54) is 24.3 Å². The third-order valence-corrected chi connectivity index (χ3v) is 5.42. The Morgan fingerprint density at radius 3 is 2.24 bits per heavy atom. The van der Waals surface area contributed by atoms with Gasteiger partial charge in [-0.3, -0.25) is 19.2 Å². The number of thioether (sulfide) groups is 1. The smallest absolute Gasteiger partial charge is 0.326 e. The lowest BCUT2D eigenvalue weighted by Crippen LogP contribution is -2.58. The van der Waals surface area contributed by atoms with Crippen LogP contribution in [-0.2, 0) is 30.4 Å². The number of nitrogens with zero attached hydrogens (tertiary/aromatic N) is 1. The summed E-state index contributed by atoms with van der Waals surface area (Å²) in [7, 11) is 0. The van der Waals surface area contributed by atoms with E-state index in [0.717, 1.165) is 0 Å². The van der Waals surface area contributed by atoms with E-state index in [0.29, 0.717) is 11.4 Å². The number of carboxylic acid groups (broad SMARTS) is 1. The van der Waals surface area contributed by atoms with E-state index in [4.69, 9.17) is 11.5 Å². The Morgan fingerprint density at radius 1 is 1.12 bits per heavy atom. The van der Waals surface area contributed by atoms with E-state index >= 15 is 0 Å². The van der Waals surface area contributed by atoms with Crippen LogP contribution in [0.5, 0.6) is 0 Å². The molecule has 9 N–H and O–H groups in total. The second kappa shape index (κ2) is 14.4. The predicted molar refractivity (Wildman–Crippen MR) is 124 cm³/mol. The molecule has 0 bridgehead atoms. The summed E-state index contributed by atoms with van der Waals surface area (Å²) in [4.78, 5) is 66.8. The van der Waals surface area contributed by atoms with Crippen LogP contribution in [0.3, 0.4) is 0 Å². The van der Waals surface area contributed by atoms with Crippen LogP contribution in [0.2, 0.25) is 0 Å². The van der Waals surface area contributed by atoms with Gasteiger partial charge in [-0.15, -0.1) is 0 Å². The maximum absolute atomic E-state index is 12.9. The first-order valence-corrected chi connectivity index (χ1v) is 11.9. The van der Waals surface area contributed by atoms with Gasteiger partial charge in [-0.1, -0.05) is 0 Å². The van der Waals surface area contributed by atoms with Gasteiger partial charge in [0.1, 0.15) is 18.1 Å². The topological polar surface area (TPSA) is 222 Å². The predicted octanol–water partition coefficient (Wildman–Crippen LogP) is -2.62. The van der Waals surface area contributed by atoms with E-state index < -0.39 is 60.2 Å². The summed E-state index contributed by atoms with van der Waals surface area (Å²) in [6.07, 6.45) is 4.40. The molecule has 1 heterocycles. The Hall–Kier alpha value is -2.78. The molecular formula is C18H29N7O6S2. The summed E-state index contributed by atoms with van der Waals surface area (Å²) in [5.41, 5.74) is 11.2.